The molecule has 11 heavy (non-hydrogen) atoms. The zero-order valence-electron chi connectivity index (χ0n) is 5.75. The Hall–Kier alpha value is -0.860. The Labute approximate surface area is 69.4 Å². The lowest BCUT2D eigenvalue weighted by atomic mass is 10.1. The van der Waals surface area contributed by atoms with Crippen LogP contribution in [0.25, 0.3) is 0 Å². The highest BCUT2D eigenvalue weighted by Crippen LogP contribution is 2.15. The van der Waals surface area contributed by atoms with Crippen molar-refractivity contribution >= 4 is 17.9 Å². The second kappa shape index (κ2) is 3.51. The summed E-state index contributed by atoms with van der Waals surface area (Å²) in [5.41, 5.74) is 1.11. The van der Waals surface area contributed by atoms with Gasteiger partial charge in [0.25, 0.3) is 0 Å². The maximum Gasteiger partial charge on any atom is 0.151 e. The molecule has 1 aromatic carbocycles. The van der Waals surface area contributed by atoms with Crippen LogP contribution in [0.4, 0.5) is 0 Å². The minimum absolute atomic E-state index is 0.0714. The van der Waals surface area contributed by atoms with Crippen LogP contribution >= 0.6 is 11.6 Å². The van der Waals surface area contributed by atoms with Gasteiger partial charge in [-0.3, -0.25) is 4.79 Å². The minimum atomic E-state index is -0.0714. The normalized spacial score (nSPS) is 9.64. The van der Waals surface area contributed by atoms with Crippen molar-refractivity contribution in [2.75, 3.05) is 0 Å². The van der Waals surface area contributed by atoms with E-state index in [0.29, 0.717) is 22.4 Å². The van der Waals surface area contributed by atoms with Crippen LogP contribution in [0.3, 0.4) is 0 Å². The molecule has 0 aliphatic heterocycles. The Morgan fingerprint density at radius 1 is 1.55 bits per heavy atom. The maximum absolute atomic E-state index is 10.3. The Morgan fingerprint density at radius 2 is 2.27 bits per heavy atom. The fraction of sp³-hybridized carbons (Fsp3) is 0.125. The lowest BCUT2D eigenvalue weighted by molar-refractivity contribution is 0.112. The highest BCUT2D eigenvalue weighted by atomic mass is 35.5. The van der Waals surface area contributed by atoms with E-state index in [1.807, 2.05) is 0 Å². The Morgan fingerprint density at radius 3 is 2.82 bits per heavy atom. The van der Waals surface area contributed by atoms with Gasteiger partial charge in [0.2, 0.25) is 0 Å². The minimum Gasteiger partial charge on any atom is -0.392 e. The summed E-state index contributed by atoms with van der Waals surface area (Å²) in [5, 5.41) is 9.10. The number of aldehydes is 1. The number of carbonyl (C=O) groups is 1. The van der Waals surface area contributed by atoms with E-state index in [-0.39, 0.29) is 6.61 Å². The molecule has 0 fully saturated rings. The molecule has 0 heterocycles. The molecule has 0 saturated heterocycles. The van der Waals surface area contributed by atoms with Gasteiger partial charge in [-0.25, -0.2) is 0 Å². The van der Waals surface area contributed by atoms with Crippen LogP contribution in [0.15, 0.2) is 18.2 Å². The first kappa shape index (κ1) is 8.24. The van der Waals surface area contributed by atoms with Crippen LogP contribution in [0.5, 0.6) is 0 Å². The first-order valence-electron chi connectivity index (χ1n) is 3.12. The predicted octanol–water partition coefficient (Wildman–Crippen LogP) is 1.64. The number of hydrogen-bond donors (Lipinski definition) is 1. The molecule has 0 radical (unpaired) electrons. The fourth-order valence-corrected chi connectivity index (χ4v) is 0.944. The number of benzene rings is 1. The van der Waals surface area contributed by atoms with Gasteiger partial charge in [-0.1, -0.05) is 17.7 Å². The summed E-state index contributed by atoms with van der Waals surface area (Å²) in [7, 11) is 0. The third-order valence-corrected chi connectivity index (χ3v) is 1.71. The standard InChI is InChI=1S/C8H7ClO2/c9-8-2-1-6(4-10)3-7(8)5-11/h1-3,5,10H,4H2. The number of hydrogen-bond acceptors (Lipinski definition) is 2. The highest BCUT2D eigenvalue weighted by molar-refractivity contribution is 6.32. The first-order chi connectivity index (χ1) is 5.27. The highest BCUT2D eigenvalue weighted by Gasteiger charge is 1.98. The number of rotatable bonds is 2. The SMILES string of the molecule is O=Cc1cc(CO)ccc1Cl. The van der Waals surface area contributed by atoms with E-state index in [9.17, 15) is 4.79 Å². The van der Waals surface area contributed by atoms with Gasteiger partial charge in [-0.15, -0.1) is 0 Å². The van der Waals surface area contributed by atoms with Crippen molar-refractivity contribution in [1.82, 2.24) is 0 Å². The fourth-order valence-electron chi connectivity index (χ4n) is 0.782. The van der Waals surface area contributed by atoms with Crippen molar-refractivity contribution in [3.8, 4) is 0 Å². The molecule has 0 spiro atoms. The summed E-state index contributed by atoms with van der Waals surface area (Å²) in [4.78, 5) is 10.3. The lowest BCUT2D eigenvalue weighted by Gasteiger charge is -1.98. The molecule has 2 nitrogen and oxygen atoms in total. The number of aliphatic hydroxyl groups excluding tert-OH is 1. The Balaban J connectivity index is 3.12. The molecule has 3 heteroatoms. The second-order valence-electron chi connectivity index (χ2n) is 2.13. The molecule has 1 aromatic rings. The molecule has 1 rings (SSSR count). The number of aliphatic hydroxyl groups is 1. The summed E-state index contributed by atoms with van der Waals surface area (Å²) in [6, 6.07) is 4.83. The molecule has 1 N–H and O–H groups in total. The molecule has 0 aliphatic rings. The van der Waals surface area contributed by atoms with Crippen molar-refractivity contribution < 1.29 is 9.90 Å². The van der Waals surface area contributed by atoms with Crippen molar-refractivity contribution in [2.24, 2.45) is 0 Å². The number of carbonyl (C=O) groups excluding carboxylic acids is 1. The van der Waals surface area contributed by atoms with Gasteiger partial charge >= 0.3 is 0 Å². The van der Waals surface area contributed by atoms with Crippen LogP contribution in [0, 0.1) is 0 Å². The van der Waals surface area contributed by atoms with Crippen molar-refractivity contribution in [3.63, 3.8) is 0 Å². The van der Waals surface area contributed by atoms with Crippen molar-refractivity contribution in [3.05, 3.63) is 34.3 Å². The Kier molecular flexibility index (Phi) is 2.63. The summed E-state index contributed by atoms with van der Waals surface area (Å²) in [5.74, 6) is 0. The summed E-state index contributed by atoms with van der Waals surface area (Å²) >= 11 is 5.64. The molecular formula is C8H7ClO2. The van der Waals surface area contributed by atoms with E-state index >= 15 is 0 Å². The summed E-state index contributed by atoms with van der Waals surface area (Å²) in [6.45, 7) is -0.0714. The van der Waals surface area contributed by atoms with Gasteiger partial charge in [-0.2, -0.15) is 0 Å². The summed E-state index contributed by atoms with van der Waals surface area (Å²) < 4.78 is 0. The van der Waals surface area contributed by atoms with Gasteiger partial charge in [0.05, 0.1) is 11.6 Å². The topological polar surface area (TPSA) is 37.3 Å². The van der Waals surface area contributed by atoms with Crippen molar-refractivity contribution in [2.45, 2.75) is 6.61 Å². The van der Waals surface area contributed by atoms with Gasteiger partial charge in [0.1, 0.15) is 0 Å². The number of halogens is 1. The Bertz CT molecular complexity index is 271. The third kappa shape index (κ3) is 1.79. The average molecular weight is 171 g/mol. The molecule has 0 saturated carbocycles. The first-order valence-corrected chi connectivity index (χ1v) is 3.50. The van der Waals surface area contributed by atoms with Gasteiger partial charge in [0.15, 0.2) is 6.29 Å². The smallest absolute Gasteiger partial charge is 0.151 e. The molecule has 0 amide bonds. The van der Waals surface area contributed by atoms with Crippen LogP contribution < -0.4 is 0 Å². The van der Waals surface area contributed by atoms with Gasteiger partial charge < -0.3 is 5.11 Å². The van der Waals surface area contributed by atoms with E-state index in [2.05, 4.69) is 0 Å². The quantitative estimate of drug-likeness (QED) is 0.686. The van der Waals surface area contributed by atoms with Gasteiger partial charge in [0, 0.05) is 5.56 Å². The monoisotopic (exact) mass is 170 g/mol. The van der Waals surface area contributed by atoms with Crippen LogP contribution in [-0.2, 0) is 6.61 Å². The van der Waals surface area contributed by atoms with E-state index in [1.54, 1.807) is 18.2 Å². The molecule has 0 bridgehead atoms. The molecule has 0 aromatic heterocycles. The van der Waals surface area contributed by atoms with E-state index in [0.717, 1.165) is 0 Å². The van der Waals surface area contributed by atoms with E-state index in [1.165, 1.54) is 0 Å². The molecular weight excluding hydrogens is 164 g/mol. The molecule has 0 aliphatic carbocycles. The van der Waals surface area contributed by atoms with Crippen LogP contribution in [0.1, 0.15) is 15.9 Å². The molecule has 0 unspecified atom stereocenters. The molecule has 58 valence electrons. The third-order valence-electron chi connectivity index (χ3n) is 1.37. The zero-order valence-corrected chi connectivity index (χ0v) is 6.51. The van der Waals surface area contributed by atoms with Crippen LogP contribution in [0.2, 0.25) is 5.02 Å². The summed E-state index contributed by atoms with van der Waals surface area (Å²) in [6.07, 6.45) is 0.668. The van der Waals surface area contributed by atoms with E-state index < -0.39 is 0 Å². The van der Waals surface area contributed by atoms with Gasteiger partial charge in [-0.05, 0) is 17.7 Å². The second-order valence-corrected chi connectivity index (χ2v) is 2.54. The molecule has 0 atom stereocenters. The zero-order chi connectivity index (χ0) is 8.27. The largest absolute Gasteiger partial charge is 0.392 e. The maximum atomic E-state index is 10.3. The lowest BCUT2D eigenvalue weighted by Crippen LogP contribution is -1.87. The van der Waals surface area contributed by atoms with E-state index in [4.69, 9.17) is 16.7 Å². The predicted molar refractivity (Wildman–Crippen MR) is 42.8 cm³/mol. The average Bonchev–Trinajstić information content (AvgIpc) is 2.05. The van der Waals surface area contributed by atoms with Crippen LogP contribution in [-0.4, -0.2) is 11.4 Å². The van der Waals surface area contributed by atoms with Crippen molar-refractivity contribution in [1.29, 1.82) is 0 Å².